The number of hydrogen-bond acceptors (Lipinski definition) is 3. The van der Waals surface area contributed by atoms with Crippen molar-refractivity contribution in [1.29, 1.82) is 0 Å². The van der Waals surface area contributed by atoms with Gasteiger partial charge in [0.1, 0.15) is 0 Å². The molecule has 0 saturated carbocycles. The first-order valence-corrected chi connectivity index (χ1v) is 3.85. The summed E-state index contributed by atoms with van der Waals surface area (Å²) in [5.41, 5.74) is 5.03. The largest absolute Gasteiger partial charge is 0.466 e. The molecule has 0 rings (SSSR count). The van der Waals surface area contributed by atoms with Gasteiger partial charge in [0.2, 0.25) is 0 Å². The zero-order valence-corrected chi connectivity index (χ0v) is 8.90. The average Bonchev–Trinajstić information content (AvgIpc) is 1.88. The number of halogens is 1. The Morgan fingerprint density at radius 1 is 1.58 bits per heavy atom. The lowest BCUT2D eigenvalue weighted by atomic mass is 9.86. The molecule has 0 fully saturated rings. The fourth-order valence-corrected chi connectivity index (χ4v) is 0.503. The van der Waals surface area contributed by atoms with E-state index in [0.717, 1.165) is 0 Å². The summed E-state index contributed by atoms with van der Waals surface area (Å²) in [5.74, 6) is -0.227. The van der Waals surface area contributed by atoms with Gasteiger partial charge in [-0.25, -0.2) is 0 Å². The van der Waals surface area contributed by atoms with Gasteiger partial charge in [0.25, 0.3) is 0 Å². The maximum absolute atomic E-state index is 11.2. The van der Waals surface area contributed by atoms with Crippen molar-refractivity contribution in [2.75, 3.05) is 6.61 Å². The summed E-state index contributed by atoms with van der Waals surface area (Å²) < 4.78 is 4.85. The van der Waals surface area contributed by atoms with Crippen molar-refractivity contribution in [1.82, 2.24) is 0 Å². The number of nitrogens with two attached hydrogens (primary N) is 1. The minimum atomic E-state index is -0.573. The Morgan fingerprint density at radius 3 is 2.25 bits per heavy atom. The second-order valence-corrected chi connectivity index (χ2v) is 3.23. The molecule has 0 aliphatic rings. The normalized spacial score (nSPS) is 13.1. The van der Waals surface area contributed by atoms with Crippen LogP contribution in [0.15, 0.2) is 0 Å². The predicted molar refractivity (Wildman–Crippen MR) is 51.3 cm³/mol. The van der Waals surface area contributed by atoms with E-state index in [4.69, 9.17) is 10.5 Å². The third kappa shape index (κ3) is 3.41. The summed E-state index contributed by atoms with van der Waals surface area (Å²) in [6, 6.07) is -0.179. The molecule has 12 heavy (non-hydrogen) atoms. The van der Waals surface area contributed by atoms with E-state index < -0.39 is 5.41 Å². The Kier molecular flexibility index (Phi) is 6.39. The van der Waals surface area contributed by atoms with Crippen LogP contribution in [-0.2, 0) is 9.53 Å². The van der Waals surface area contributed by atoms with Crippen molar-refractivity contribution in [2.45, 2.75) is 33.7 Å². The summed E-state index contributed by atoms with van der Waals surface area (Å²) in [5, 5.41) is 0. The quantitative estimate of drug-likeness (QED) is 0.692. The highest BCUT2D eigenvalue weighted by Crippen LogP contribution is 2.20. The fourth-order valence-electron chi connectivity index (χ4n) is 0.503. The van der Waals surface area contributed by atoms with Crippen LogP contribution in [0.2, 0.25) is 0 Å². The van der Waals surface area contributed by atoms with Gasteiger partial charge in [-0.05, 0) is 27.7 Å². The van der Waals surface area contributed by atoms with Gasteiger partial charge in [0, 0.05) is 6.04 Å². The molecule has 2 N–H and O–H groups in total. The van der Waals surface area contributed by atoms with Crippen molar-refractivity contribution in [3.05, 3.63) is 0 Å². The first-order chi connectivity index (χ1) is 4.92. The lowest BCUT2D eigenvalue weighted by molar-refractivity contribution is -0.154. The SMILES string of the molecule is CCOC(=O)C(C)(C)C(C)N.Cl. The van der Waals surface area contributed by atoms with E-state index in [-0.39, 0.29) is 24.4 Å². The molecule has 0 aromatic carbocycles. The molecule has 0 amide bonds. The van der Waals surface area contributed by atoms with Gasteiger partial charge >= 0.3 is 5.97 Å². The zero-order chi connectivity index (χ0) is 9.07. The van der Waals surface area contributed by atoms with Gasteiger partial charge in [-0.15, -0.1) is 12.4 Å². The Bertz CT molecular complexity index is 146. The van der Waals surface area contributed by atoms with Crippen LogP contribution in [-0.4, -0.2) is 18.6 Å². The molecule has 4 heteroatoms. The third-order valence-electron chi connectivity index (χ3n) is 1.94. The molecule has 0 heterocycles. The number of esters is 1. The molecule has 74 valence electrons. The first kappa shape index (κ1) is 14.3. The van der Waals surface area contributed by atoms with Crippen molar-refractivity contribution in [2.24, 2.45) is 11.1 Å². The summed E-state index contributed by atoms with van der Waals surface area (Å²) in [6.07, 6.45) is 0. The topological polar surface area (TPSA) is 52.3 Å². The predicted octanol–water partition coefficient (Wildman–Crippen LogP) is 1.34. The zero-order valence-electron chi connectivity index (χ0n) is 8.09. The van der Waals surface area contributed by atoms with Crippen molar-refractivity contribution >= 4 is 18.4 Å². The van der Waals surface area contributed by atoms with Crippen molar-refractivity contribution in [3.63, 3.8) is 0 Å². The van der Waals surface area contributed by atoms with Gasteiger partial charge in [0.15, 0.2) is 0 Å². The summed E-state index contributed by atoms with van der Waals surface area (Å²) in [6.45, 7) is 7.58. The highest BCUT2D eigenvalue weighted by Gasteiger charge is 2.32. The maximum Gasteiger partial charge on any atom is 0.313 e. The van der Waals surface area contributed by atoms with Crippen LogP contribution in [0.1, 0.15) is 27.7 Å². The van der Waals surface area contributed by atoms with Crippen LogP contribution in [0, 0.1) is 5.41 Å². The molecule has 0 aliphatic heterocycles. The minimum Gasteiger partial charge on any atom is -0.466 e. The molecular formula is C8H18ClNO2. The molecule has 1 unspecified atom stereocenters. The number of carbonyl (C=O) groups excluding carboxylic acids is 1. The molecule has 0 aliphatic carbocycles. The molecule has 0 aromatic rings. The van der Waals surface area contributed by atoms with E-state index in [1.54, 1.807) is 27.7 Å². The number of carbonyl (C=O) groups is 1. The maximum atomic E-state index is 11.2. The van der Waals surface area contributed by atoms with Crippen LogP contribution in [0.25, 0.3) is 0 Å². The van der Waals surface area contributed by atoms with E-state index in [1.165, 1.54) is 0 Å². The average molecular weight is 196 g/mol. The summed E-state index contributed by atoms with van der Waals surface area (Å²) >= 11 is 0. The molecule has 0 spiro atoms. The molecule has 0 bridgehead atoms. The number of rotatable bonds is 3. The van der Waals surface area contributed by atoms with Crippen molar-refractivity contribution < 1.29 is 9.53 Å². The van der Waals surface area contributed by atoms with Gasteiger partial charge in [-0.1, -0.05) is 0 Å². The Labute approximate surface area is 80.1 Å². The monoisotopic (exact) mass is 195 g/mol. The smallest absolute Gasteiger partial charge is 0.313 e. The van der Waals surface area contributed by atoms with Gasteiger partial charge in [0.05, 0.1) is 12.0 Å². The number of ether oxygens (including phenoxy) is 1. The first-order valence-electron chi connectivity index (χ1n) is 3.85. The second-order valence-electron chi connectivity index (χ2n) is 3.23. The second kappa shape index (κ2) is 5.38. The highest BCUT2D eigenvalue weighted by molar-refractivity contribution is 5.85. The number of hydrogen-bond donors (Lipinski definition) is 1. The lowest BCUT2D eigenvalue weighted by Gasteiger charge is -2.25. The highest BCUT2D eigenvalue weighted by atomic mass is 35.5. The van der Waals surface area contributed by atoms with Gasteiger partial charge in [-0.2, -0.15) is 0 Å². The summed E-state index contributed by atoms with van der Waals surface area (Å²) in [7, 11) is 0. The van der Waals surface area contributed by atoms with Gasteiger partial charge in [-0.3, -0.25) is 4.79 Å². The molecular weight excluding hydrogens is 178 g/mol. The van der Waals surface area contributed by atoms with E-state index >= 15 is 0 Å². The van der Waals surface area contributed by atoms with E-state index in [1.807, 2.05) is 0 Å². The minimum absolute atomic E-state index is 0. The van der Waals surface area contributed by atoms with Crippen LogP contribution in [0.5, 0.6) is 0 Å². The van der Waals surface area contributed by atoms with E-state index in [2.05, 4.69) is 0 Å². The van der Waals surface area contributed by atoms with Crippen LogP contribution < -0.4 is 5.73 Å². The molecule has 0 radical (unpaired) electrons. The van der Waals surface area contributed by atoms with Crippen LogP contribution in [0.4, 0.5) is 0 Å². The summed E-state index contributed by atoms with van der Waals surface area (Å²) in [4.78, 5) is 11.2. The van der Waals surface area contributed by atoms with Crippen LogP contribution in [0.3, 0.4) is 0 Å². The van der Waals surface area contributed by atoms with Crippen molar-refractivity contribution in [3.8, 4) is 0 Å². The Morgan fingerprint density at radius 2 is 2.00 bits per heavy atom. The van der Waals surface area contributed by atoms with Crippen LogP contribution >= 0.6 is 12.4 Å². The molecule has 3 nitrogen and oxygen atoms in total. The molecule has 0 saturated heterocycles. The third-order valence-corrected chi connectivity index (χ3v) is 1.94. The Balaban J connectivity index is 0. The van der Waals surface area contributed by atoms with E-state index in [0.29, 0.717) is 6.61 Å². The standard InChI is InChI=1S/C8H17NO2.ClH/c1-5-11-7(10)8(3,4)6(2)9;/h6H,5,9H2,1-4H3;1H. The van der Waals surface area contributed by atoms with E-state index in [9.17, 15) is 4.79 Å². The molecule has 0 aromatic heterocycles. The van der Waals surface area contributed by atoms with Gasteiger partial charge < -0.3 is 10.5 Å². The Hall–Kier alpha value is -0.280. The fraction of sp³-hybridized carbons (Fsp3) is 0.875. The molecule has 1 atom stereocenters. The lowest BCUT2D eigenvalue weighted by Crippen LogP contribution is -2.42.